The molecule has 8 atom stereocenters. The maximum atomic E-state index is 9.33. The van der Waals surface area contributed by atoms with Crippen molar-refractivity contribution < 1.29 is 15.3 Å². The second-order valence-corrected chi connectivity index (χ2v) is 17.4. The lowest BCUT2D eigenvalue weighted by Gasteiger charge is -2.23. The van der Waals surface area contributed by atoms with Crippen LogP contribution in [0.5, 0.6) is 17.2 Å². The van der Waals surface area contributed by atoms with Gasteiger partial charge in [-0.25, -0.2) is 0 Å². The van der Waals surface area contributed by atoms with Crippen LogP contribution in [-0.4, -0.2) is 15.3 Å². The molecule has 3 nitrogen and oxygen atoms in total. The molecule has 6 aliphatic rings. The molecule has 3 heteroatoms. The number of hydrogen-bond donors (Lipinski definition) is 3. The SMILES string of the molecule is C1CC2C3CCC(C3)C2C1.C1CC2C3CCC(C3)C2C1.Cc1cc(C)c(O)c(C)c1.Cc1cc(C)c(O)c(C)c1.Cc1cc(C)c(O)cc1C. The van der Waals surface area contributed by atoms with Crippen LogP contribution in [0.1, 0.15) is 127 Å². The number of rotatable bonds is 0. The van der Waals surface area contributed by atoms with Gasteiger partial charge < -0.3 is 15.3 Å². The van der Waals surface area contributed by atoms with E-state index in [1.54, 1.807) is 83.1 Å². The van der Waals surface area contributed by atoms with Gasteiger partial charge in [-0.3, -0.25) is 0 Å². The zero-order chi connectivity index (χ0) is 36.3. The molecule has 6 saturated carbocycles. The average Bonchev–Trinajstić information content (AvgIpc) is 3.91. The molecule has 3 N–H and O–H groups in total. The van der Waals surface area contributed by atoms with Gasteiger partial charge >= 0.3 is 0 Å². The normalized spacial score (nSPS) is 29.0. The van der Waals surface area contributed by atoms with Gasteiger partial charge in [-0.05, 0) is 219 Å². The Labute approximate surface area is 304 Å². The van der Waals surface area contributed by atoms with Crippen molar-refractivity contribution in [2.24, 2.45) is 47.3 Å². The highest BCUT2D eigenvalue weighted by Gasteiger charge is 2.49. The Morgan fingerprint density at radius 1 is 0.360 bits per heavy atom. The zero-order valence-electron chi connectivity index (χ0n) is 32.9. The molecule has 274 valence electrons. The van der Waals surface area contributed by atoms with Crippen LogP contribution < -0.4 is 0 Å². The van der Waals surface area contributed by atoms with Crippen LogP contribution >= 0.6 is 0 Å². The molecule has 0 radical (unpaired) electrons. The molecule has 3 aromatic rings. The Bertz CT molecular complexity index is 1380. The van der Waals surface area contributed by atoms with Gasteiger partial charge in [-0.15, -0.1) is 0 Å². The molecule has 9 rings (SSSR count). The fourth-order valence-corrected chi connectivity index (χ4v) is 11.3. The third kappa shape index (κ3) is 8.91. The summed E-state index contributed by atoms with van der Waals surface area (Å²) in [5.74, 6) is 10.8. The Morgan fingerprint density at radius 2 is 0.660 bits per heavy atom. The quantitative estimate of drug-likeness (QED) is 0.221. The first kappa shape index (κ1) is 38.3. The van der Waals surface area contributed by atoms with Crippen molar-refractivity contribution in [1.29, 1.82) is 0 Å². The number of fused-ring (bicyclic) bond motifs is 10. The van der Waals surface area contributed by atoms with Crippen LogP contribution in [0.25, 0.3) is 0 Å². The molecule has 6 aliphatic carbocycles. The summed E-state index contributed by atoms with van der Waals surface area (Å²) >= 11 is 0. The Morgan fingerprint density at radius 3 is 0.960 bits per heavy atom. The van der Waals surface area contributed by atoms with Crippen molar-refractivity contribution in [2.45, 2.75) is 139 Å². The molecular formula is C47H68O3. The Hall–Kier alpha value is -2.94. The first-order valence-corrected chi connectivity index (χ1v) is 20.0. The molecular weight excluding hydrogens is 613 g/mol. The van der Waals surface area contributed by atoms with Gasteiger partial charge in [-0.1, -0.05) is 54.3 Å². The van der Waals surface area contributed by atoms with Gasteiger partial charge in [0.1, 0.15) is 17.2 Å². The van der Waals surface area contributed by atoms with Gasteiger partial charge in [0.25, 0.3) is 0 Å². The molecule has 0 spiro atoms. The number of phenolic OH excluding ortho intramolecular Hbond substituents is 3. The van der Waals surface area contributed by atoms with E-state index in [-0.39, 0.29) is 0 Å². The van der Waals surface area contributed by atoms with Crippen LogP contribution in [-0.2, 0) is 0 Å². The molecule has 0 heterocycles. The second-order valence-electron chi connectivity index (χ2n) is 17.4. The van der Waals surface area contributed by atoms with Crippen molar-refractivity contribution in [1.82, 2.24) is 0 Å². The molecule has 0 aromatic heterocycles. The molecule has 0 aliphatic heterocycles. The summed E-state index contributed by atoms with van der Waals surface area (Å²) in [6.45, 7) is 17.6. The largest absolute Gasteiger partial charge is 0.508 e. The lowest BCUT2D eigenvalue weighted by molar-refractivity contribution is 0.259. The van der Waals surface area contributed by atoms with Crippen LogP contribution in [0, 0.1) is 110 Å². The summed E-state index contributed by atoms with van der Waals surface area (Å²) in [5.41, 5.74) is 9.55. The van der Waals surface area contributed by atoms with Crippen molar-refractivity contribution >= 4 is 0 Å². The standard InChI is InChI=1S/2C10H16.3C9H12O/c2*1-2-9-7-4-5-8(6-7)10(9)3-1;1-6-4-8(3)9(10)5-7(6)2;2*1-6-4-7(2)9(10)8(3)5-6/h2*7-10H,1-6H2;3*4-5,10H,1-3H3. The van der Waals surface area contributed by atoms with E-state index in [1.807, 2.05) is 92.6 Å². The minimum atomic E-state index is 0.392. The number of benzene rings is 3. The summed E-state index contributed by atoms with van der Waals surface area (Å²) in [6, 6.07) is 11.7. The van der Waals surface area contributed by atoms with E-state index < -0.39 is 0 Å². The molecule has 0 amide bonds. The maximum absolute atomic E-state index is 9.33. The third-order valence-electron chi connectivity index (χ3n) is 13.8. The van der Waals surface area contributed by atoms with Crippen molar-refractivity contribution in [3.8, 4) is 17.2 Å². The summed E-state index contributed by atoms with van der Waals surface area (Å²) in [5, 5.41) is 27.9. The minimum absolute atomic E-state index is 0.392. The van der Waals surface area contributed by atoms with Crippen LogP contribution in [0.2, 0.25) is 0 Å². The lowest BCUT2D eigenvalue weighted by Crippen LogP contribution is -2.15. The van der Waals surface area contributed by atoms with Gasteiger partial charge in [0.15, 0.2) is 0 Å². The minimum Gasteiger partial charge on any atom is -0.508 e. The summed E-state index contributed by atoms with van der Waals surface area (Å²) in [4.78, 5) is 0. The second kappa shape index (κ2) is 16.6. The van der Waals surface area contributed by atoms with E-state index in [4.69, 9.17) is 0 Å². The van der Waals surface area contributed by atoms with Gasteiger partial charge in [0, 0.05) is 0 Å². The van der Waals surface area contributed by atoms with Gasteiger partial charge in [0.2, 0.25) is 0 Å². The fraction of sp³-hybridized carbons (Fsp3) is 0.617. The Kier molecular flexibility index (Phi) is 12.7. The predicted octanol–water partition coefficient (Wildman–Crippen LogP) is 12.6. The van der Waals surface area contributed by atoms with Crippen LogP contribution in [0.4, 0.5) is 0 Å². The molecule has 4 bridgehead atoms. The number of phenols is 3. The first-order chi connectivity index (χ1) is 23.7. The van der Waals surface area contributed by atoms with Crippen LogP contribution in [0.3, 0.4) is 0 Å². The molecule has 50 heavy (non-hydrogen) atoms. The Balaban J connectivity index is 0.000000121. The van der Waals surface area contributed by atoms with E-state index in [1.165, 1.54) is 64.0 Å². The van der Waals surface area contributed by atoms with E-state index in [0.29, 0.717) is 17.2 Å². The number of hydrogen-bond acceptors (Lipinski definition) is 3. The maximum Gasteiger partial charge on any atom is 0.121 e. The molecule has 6 fully saturated rings. The van der Waals surface area contributed by atoms with Gasteiger partial charge in [-0.2, -0.15) is 0 Å². The third-order valence-corrected chi connectivity index (χ3v) is 13.8. The highest BCUT2D eigenvalue weighted by molar-refractivity contribution is 5.42. The monoisotopic (exact) mass is 681 g/mol. The van der Waals surface area contributed by atoms with E-state index in [0.717, 1.165) is 33.4 Å². The highest BCUT2D eigenvalue weighted by Crippen LogP contribution is 2.59. The zero-order valence-corrected chi connectivity index (χ0v) is 32.9. The molecule has 8 unspecified atom stereocenters. The van der Waals surface area contributed by atoms with E-state index in [9.17, 15) is 15.3 Å². The molecule has 0 saturated heterocycles. The number of aromatic hydroxyl groups is 3. The van der Waals surface area contributed by atoms with Crippen molar-refractivity contribution in [3.05, 3.63) is 86.5 Å². The summed E-state index contributed by atoms with van der Waals surface area (Å²) in [7, 11) is 0. The highest BCUT2D eigenvalue weighted by atomic mass is 16.3. The average molecular weight is 681 g/mol. The van der Waals surface area contributed by atoms with E-state index >= 15 is 0 Å². The first-order valence-electron chi connectivity index (χ1n) is 20.0. The fourth-order valence-electron chi connectivity index (χ4n) is 11.3. The topological polar surface area (TPSA) is 60.7 Å². The summed E-state index contributed by atoms with van der Waals surface area (Å²) < 4.78 is 0. The summed E-state index contributed by atoms with van der Waals surface area (Å²) in [6.07, 6.45) is 19.1. The number of aryl methyl sites for hydroxylation is 9. The lowest BCUT2D eigenvalue weighted by atomic mass is 9.82. The van der Waals surface area contributed by atoms with Crippen LogP contribution in [0.15, 0.2) is 36.4 Å². The van der Waals surface area contributed by atoms with Gasteiger partial charge in [0.05, 0.1) is 0 Å². The molecule has 3 aromatic carbocycles. The predicted molar refractivity (Wildman–Crippen MR) is 210 cm³/mol. The van der Waals surface area contributed by atoms with Crippen molar-refractivity contribution in [2.75, 3.05) is 0 Å². The van der Waals surface area contributed by atoms with Crippen molar-refractivity contribution in [3.63, 3.8) is 0 Å². The smallest absolute Gasteiger partial charge is 0.121 e. The van der Waals surface area contributed by atoms with E-state index in [2.05, 4.69) is 0 Å².